The number of anilines is 1. The molecule has 24 heavy (non-hydrogen) atoms. The van der Waals surface area contributed by atoms with Gasteiger partial charge in [-0.1, -0.05) is 0 Å². The number of hydrogen-bond acceptors (Lipinski definition) is 6. The second kappa shape index (κ2) is 6.29. The van der Waals surface area contributed by atoms with Gasteiger partial charge in [-0.15, -0.1) is 0 Å². The Labute approximate surface area is 142 Å². The minimum absolute atomic E-state index is 0.0446. The zero-order valence-electron chi connectivity index (χ0n) is 14.5. The molecule has 0 aromatic carbocycles. The highest BCUT2D eigenvalue weighted by Crippen LogP contribution is 2.37. The Balaban J connectivity index is 1.60. The number of rotatable bonds is 3. The van der Waals surface area contributed by atoms with Crippen LogP contribution < -0.4 is 4.90 Å². The Kier molecular flexibility index (Phi) is 4.14. The molecule has 2 aromatic rings. The number of H-pyrrole nitrogens is 1. The molecule has 0 aliphatic carbocycles. The Morgan fingerprint density at radius 1 is 1.33 bits per heavy atom. The zero-order chi connectivity index (χ0) is 16.6. The third-order valence-electron chi connectivity index (χ3n) is 5.62. The van der Waals surface area contributed by atoms with Crippen molar-refractivity contribution in [3.8, 4) is 0 Å². The molecular formula is C17H26N6O. The van der Waals surface area contributed by atoms with E-state index in [0.717, 1.165) is 68.9 Å². The number of aromatic nitrogens is 4. The first-order chi connectivity index (χ1) is 11.7. The lowest BCUT2D eigenvalue weighted by molar-refractivity contribution is -0.114. The van der Waals surface area contributed by atoms with Gasteiger partial charge in [-0.25, -0.2) is 15.0 Å². The number of ether oxygens (including phenoxy) is 1. The highest BCUT2D eigenvalue weighted by molar-refractivity contribution is 5.82. The lowest BCUT2D eigenvalue weighted by atomic mass is 9.82. The van der Waals surface area contributed by atoms with Gasteiger partial charge in [-0.2, -0.15) is 0 Å². The second-order valence-electron chi connectivity index (χ2n) is 7.07. The lowest BCUT2D eigenvalue weighted by Gasteiger charge is -2.48. The van der Waals surface area contributed by atoms with Crippen molar-refractivity contribution >= 4 is 17.0 Å². The average Bonchev–Trinajstić information content (AvgIpc) is 3.08. The molecule has 0 radical (unpaired) electrons. The van der Waals surface area contributed by atoms with Crippen LogP contribution in [0, 0.1) is 0 Å². The van der Waals surface area contributed by atoms with E-state index in [1.807, 2.05) is 0 Å². The van der Waals surface area contributed by atoms with Gasteiger partial charge in [0.15, 0.2) is 11.5 Å². The smallest absolute Gasteiger partial charge is 0.182 e. The minimum atomic E-state index is 0.0446. The van der Waals surface area contributed by atoms with Crippen molar-refractivity contribution in [1.29, 1.82) is 0 Å². The summed E-state index contributed by atoms with van der Waals surface area (Å²) < 4.78 is 6.28. The SMILES string of the molecule is CCN(c1ncnc2nc[nH]c12)C1CCOC2(CCN(C)CC2)C1. The topological polar surface area (TPSA) is 70.2 Å². The van der Waals surface area contributed by atoms with E-state index in [2.05, 4.69) is 43.7 Å². The highest BCUT2D eigenvalue weighted by Gasteiger charge is 2.41. The van der Waals surface area contributed by atoms with Crippen molar-refractivity contribution in [2.45, 2.75) is 44.2 Å². The monoisotopic (exact) mass is 330 g/mol. The van der Waals surface area contributed by atoms with Crippen LogP contribution in [0.1, 0.15) is 32.6 Å². The van der Waals surface area contributed by atoms with E-state index in [4.69, 9.17) is 4.74 Å². The molecule has 1 spiro atoms. The van der Waals surface area contributed by atoms with Crippen molar-refractivity contribution in [3.63, 3.8) is 0 Å². The number of imidazole rings is 1. The van der Waals surface area contributed by atoms with Crippen LogP contribution in [-0.4, -0.2) is 69.8 Å². The van der Waals surface area contributed by atoms with E-state index in [0.29, 0.717) is 6.04 Å². The second-order valence-corrected chi connectivity index (χ2v) is 7.07. The molecule has 4 heterocycles. The Morgan fingerprint density at radius 2 is 2.17 bits per heavy atom. The van der Waals surface area contributed by atoms with Gasteiger partial charge in [0.05, 0.1) is 11.9 Å². The Bertz CT molecular complexity index is 693. The first-order valence-electron chi connectivity index (χ1n) is 8.94. The van der Waals surface area contributed by atoms with E-state index in [1.54, 1.807) is 12.7 Å². The van der Waals surface area contributed by atoms with E-state index < -0.39 is 0 Å². The number of nitrogens with one attached hydrogen (secondary N) is 1. The summed E-state index contributed by atoms with van der Waals surface area (Å²) in [6.07, 6.45) is 7.69. The summed E-state index contributed by atoms with van der Waals surface area (Å²) in [5, 5.41) is 0. The van der Waals surface area contributed by atoms with Gasteiger partial charge in [-0.3, -0.25) is 0 Å². The fourth-order valence-corrected chi connectivity index (χ4v) is 4.19. The molecule has 7 nitrogen and oxygen atoms in total. The van der Waals surface area contributed by atoms with E-state index in [9.17, 15) is 0 Å². The first-order valence-corrected chi connectivity index (χ1v) is 8.94. The van der Waals surface area contributed by atoms with Crippen LogP contribution in [0.25, 0.3) is 11.2 Å². The molecule has 0 saturated carbocycles. The van der Waals surface area contributed by atoms with Gasteiger partial charge in [0, 0.05) is 32.3 Å². The summed E-state index contributed by atoms with van der Waals surface area (Å²) >= 11 is 0. The normalized spacial score (nSPS) is 24.5. The molecule has 130 valence electrons. The number of nitrogens with zero attached hydrogens (tertiary/aromatic N) is 5. The Hall–Kier alpha value is -1.73. The summed E-state index contributed by atoms with van der Waals surface area (Å²) in [5.41, 5.74) is 1.71. The van der Waals surface area contributed by atoms with E-state index >= 15 is 0 Å². The zero-order valence-corrected chi connectivity index (χ0v) is 14.5. The molecule has 1 unspecified atom stereocenters. The van der Waals surface area contributed by atoms with Gasteiger partial charge >= 0.3 is 0 Å². The summed E-state index contributed by atoms with van der Waals surface area (Å²) in [6.45, 7) is 6.20. The van der Waals surface area contributed by atoms with Crippen LogP contribution in [0.2, 0.25) is 0 Å². The van der Waals surface area contributed by atoms with E-state index in [-0.39, 0.29) is 5.60 Å². The fourth-order valence-electron chi connectivity index (χ4n) is 4.19. The molecule has 2 aliphatic heterocycles. The van der Waals surface area contributed by atoms with Crippen LogP contribution in [0.5, 0.6) is 0 Å². The van der Waals surface area contributed by atoms with Crippen LogP contribution >= 0.6 is 0 Å². The van der Waals surface area contributed by atoms with Crippen LogP contribution in [-0.2, 0) is 4.74 Å². The summed E-state index contributed by atoms with van der Waals surface area (Å²) in [4.78, 5) is 21.1. The van der Waals surface area contributed by atoms with Crippen LogP contribution in [0.4, 0.5) is 5.82 Å². The highest BCUT2D eigenvalue weighted by atomic mass is 16.5. The molecule has 1 N–H and O–H groups in total. The Morgan fingerprint density at radius 3 is 2.96 bits per heavy atom. The van der Waals surface area contributed by atoms with Gasteiger partial charge < -0.3 is 19.5 Å². The van der Waals surface area contributed by atoms with E-state index in [1.165, 1.54) is 0 Å². The fraction of sp³-hybridized carbons (Fsp3) is 0.706. The van der Waals surface area contributed by atoms with Crippen molar-refractivity contribution in [2.75, 3.05) is 38.2 Å². The molecule has 2 saturated heterocycles. The van der Waals surface area contributed by atoms with Crippen LogP contribution in [0.15, 0.2) is 12.7 Å². The maximum absolute atomic E-state index is 6.28. The molecular weight excluding hydrogens is 304 g/mol. The number of fused-ring (bicyclic) bond motifs is 1. The summed E-state index contributed by atoms with van der Waals surface area (Å²) in [7, 11) is 2.20. The van der Waals surface area contributed by atoms with Crippen molar-refractivity contribution in [1.82, 2.24) is 24.8 Å². The molecule has 7 heteroatoms. The van der Waals surface area contributed by atoms with Crippen LogP contribution in [0.3, 0.4) is 0 Å². The van der Waals surface area contributed by atoms with Crippen molar-refractivity contribution < 1.29 is 4.74 Å². The van der Waals surface area contributed by atoms with Crippen molar-refractivity contribution in [2.24, 2.45) is 0 Å². The first kappa shape index (κ1) is 15.8. The molecule has 2 fully saturated rings. The van der Waals surface area contributed by atoms with Gasteiger partial charge in [0.1, 0.15) is 11.8 Å². The number of likely N-dealkylation sites (tertiary alicyclic amines) is 1. The molecule has 0 amide bonds. The van der Waals surface area contributed by atoms with Gasteiger partial charge in [-0.05, 0) is 39.7 Å². The standard InChI is InChI=1S/C17H26N6O/c1-3-23(16-14-15(19-11-18-14)20-12-21-16)13-4-9-24-17(10-13)5-7-22(2)8-6-17/h11-13H,3-10H2,1-2H3,(H,18,19,20,21). The van der Waals surface area contributed by atoms with Crippen molar-refractivity contribution in [3.05, 3.63) is 12.7 Å². The number of aromatic amines is 1. The summed E-state index contributed by atoms with van der Waals surface area (Å²) in [5.74, 6) is 0.968. The molecule has 2 aromatic heterocycles. The largest absolute Gasteiger partial charge is 0.375 e. The molecule has 1 atom stereocenters. The summed E-state index contributed by atoms with van der Waals surface area (Å²) in [6, 6.07) is 0.452. The number of piperidine rings is 1. The lowest BCUT2D eigenvalue weighted by Crippen LogP contribution is -2.53. The maximum Gasteiger partial charge on any atom is 0.182 e. The third-order valence-corrected chi connectivity index (χ3v) is 5.62. The maximum atomic E-state index is 6.28. The number of hydrogen-bond donors (Lipinski definition) is 1. The minimum Gasteiger partial charge on any atom is -0.375 e. The quantitative estimate of drug-likeness (QED) is 0.926. The van der Waals surface area contributed by atoms with Gasteiger partial charge in [0.2, 0.25) is 0 Å². The average molecular weight is 330 g/mol. The molecule has 0 bridgehead atoms. The molecule has 2 aliphatic rings. The van der Waals surface area contributed by atoms with Gasteiger partial charge in [0.25, 0.3) is 0 Å². The predicted octanol–water partition coefficient (Wildman–Crippen LogP) is 1.82. The molecule has 4 rings (SSSR count). The predicted molar refractivity (Wildman–Crippen MR) is 93.1 cm³/mol. The third kappa shape index (κ3) is 2.75.